The van der Waals surface area contributed by atoms with E-state index in [1.807, 2.05) is 0 Å². The number of alkyl halides is 1. The van der Waals surface area contributed by atoms with Crippen molar-refractivity contribution in [2.24, 2.45) is 0 Å². The van der Waals surface area contributed by atoms with E-state index in [4.69, 9.17) is 34.8 Å². The fraction of sp³-hybridized carbons (Fsp3) is 0.400. The molecule has 5 nitrogen and oxygen atoms in total. The van der Waals surface area contributed by atoms with Crippen molar-refractivity contribution in [2.45, 2.75) is 16.3 Å². The van der Waals surface area contributed by atoms with Crippen LogP contribution in [0.5, 0.6) is 0 Å². The molecule has 1 N–H and O–H groups in total. The van der Waals surface area contributed by atoms with E-state index in [2.05, 4.69) is 4.72 Å². The van der Waals surface area contributed by atoms with E-state index in [1.165, 1.54) is 18.2 Å². The summed E-state index contributed by atoms with van der Waals surface area (Å²) < 4.78 is 49.5. The fourth-order valence-corrected chi connectivity index (χ4v) is 6.60. The monoisotopic (exact) mass is 377 g/mol. The Morgan fingerprint density at radius 2 is 1.65 bits per heavy atom. The van der Waals surface area contributed by atoms with Crippen LogP contribution in [-0.4, -0.2) is 39.8 Å². The second-order valence-corrected chi connectivity index (χ2v) is 9.73. The van der Waals surface area contributed by atoms with Crippen molar-refractivity contribution >= 4 is 54.7 Å². The van der Waals surface area contributed by atoms with Crippen molar-refractivity contribution in [1.82, 2.24) is 4.72 Å². The number of halogens is 3. The molecule has 20 heavy (non-hydrogen) atoms. The van der Waals surface area contributed by atoms with E-state index in [-0.39, 0.29) is 26.4 Å². The molecule has 1 fully saturated rings. The Hall–Kier alpha value is -0.0500. The third kappa shape index (κ3) is 3.78. The average Bonchev–Trinajstić information content (AvgIpc) is 2.49. The van der Waals surface area contributed by atoms with E-state index < -0.39 is 31.3 Å². The number of nitrogens with one attached hydrogen (secondary N) is 1. The highest BCUT2D eigenvalue weighted by Gasteiger charge is 2.39. The zero-order valence-electron chi connectivity index (χ0n) is 9.88. The first-order valence-electron chi connectivity index (χ1n) is 5.42. The lowest BCUT2D eigenvalue weighted by Crippen LogP contribution is -2.40. The van der Waals surface area contributed by atoms with Crippen LogP contribution in [0, 0.1) is 0 Å². The van der Waals surface area contributed by atoms with Crippen LogP contribution < -0.4 is 4.72 Å². The summed E-state index contributed by atoms with van der Waals surface area (Å²) in [4.78, 5) is -0.136. The van der Waals surface area contributed by atoms with E-state index >= 15 is 0 Å². The minimum Gasteiger partial charge on any atom is -0.229 e. The predicted octanol–water partition coefficient (Wildman–Crippen LogP) is 1.68. The number of rotatable bonds is 3. The third-order valence-electron chi connectivity index (χ3n) is 2.74. The van der Waals surface area contributed by atoms with Gasteiger partial charge in [-0.2, -0.15) is 0 Å². The van der Waals surface area contributed by atoms with E-state index in [9.17, 15) is 16.8 Å². The van der Waals surface area contributed by atoms with Gasteiger partial charge < -0.3 is 0 Å². The van der Waals surface area contributed by atoms with Crippen LogP contribution in [0.3, 0.4) is 0 Å². The smallest absolute Gasteiger partial charge is 0.229 e. The highest BCUT2D eigenvalue weighted by Crippen LogP contribution is 2.24. The Balaban J connectivity index is 2.28. The second-order valence-electron chi connectivity index (χ2n) is 4.43. The largest absolute Gasteiger partial charge is 0.241 e. The lowest BCUT2D eigenvalue weighted by Gasteiger charge is -2.15. The van der Waals surface area contributed by atoms with Gasteiger partial charge in [0.2, 0.25) is 10.0 Å². The highest BCUT2D eigenvalue weighted by molar-refractivity contribution is 7.92. The molecule has 1 saturated heterocycles. The van der Waals surface area contributed by atoms with Crippen molar-refractivity contribution < 1.29 is 16.8 Å². The first-order valence-corrected chi connectivity index (χ1v) is 9.92. The summed E-state index contributed by atoms with van der Waals surface area (Å²) in [6, 6.07) is 2.97. The lowest BCUT2D eigenvalue weighted by molar-refractivity contribution is 0.563. The molecule has 0 aliphatic carbocycles. The quantitative estimate of drug-likeness (QED) is 0.811. The number of hydrogen-bond acceptors (Lipinski definition) is 4. The lowest BCUT2D eigenvalue weighted by atomic mass is 10.3. The van der Waals surface area contributed by atoms with Gasteiger partial charge in [-0.25, -0.2) is 21.6 Å². The van der Waals surface area contributed by atoms with Crippen LogP contribution in [0.4, 0.5) is 0 Å². The van der Waals surface area contributed by atoms with Gasteiger partial charge in [-0.1, -0.05) is 23.2 Å². The number of hydrogen-bond donors (Lipinski definition) is 1. The summed E-state index contributed by atoms with van der Waals surface area (Å²) in [5.41, 5.74) is 0. The Labute approximate surface area is 132 Å². The van der Waals surface area contributed by atoms with E-state index in [0.717, 1.165) is 0 Å². The second kappa shape index (κ2) is 5.62. The molecule has 10 heteroatoms. The maximum atomic E-state index is 12.2. The molecule has 0 saturated carbocycles. The van der Waals surface area contributed by atoms with Crippen LogP contribution in [0.15, 0.2) is 23.1 Å². The molecule has 0 spiro atoms. The summed E-state index contributed by atoms with van der Waals surface area (Å²) in [6.45, 7) is 0. The highest BCUT2D eigenvalue weighted by atomic mass is 35.5. The molecule has 2 rings (SSSR count). The maximum Gasteiger partial charge on any atom is 0.241 e. The van der Waals surface area contributed by atoms with Gasteiger partial charge in [-0.05, 0) is 18.2 Å². The average molecular weight is 379 g/mol. The van der Waals surface area contributed by atoms with Gasteiger partial charge in [-0.15, -0.1) is 11.6 Å². The minimum atomic E-state index is -3.94. The summed E-state index contributed by atoms with van der Waals surface area (Å²) in [6.07, 6.45) is 0. The van der Waals surface area contributed by atoms with Crippen molar-refractivity contribution in [3.8, 4) is 0 Å². The summed E-state index contributed by atoms with van der Waals surface area (Å²) in [5, 5.41) is -0.469. The Morgan fingerprint density at radius 1 is 1.10 bits per heavy atom. The molecule has 1 heterocycles. The van der Waals surface area contributed by atoms with Gasteiger partial charge in [0.05, 0.1) is 27.8 Å². The molecule has 0 amide bonds. The van der Waals surface area contributed by atoms with Crippen molar-refractivity contribution in [2.75, 3.05) is 11.5 Å². The molecule has 0 aromatic heterocycles. The molecule has 2 unspecified atom stereocenters. The molecule has 0 radical (unpaired) electrons. The summed E-state index contributed by atoms with van der Waals surface area (Å²) in [7, 11) is -7.27. The maximum absolute atomic E-state index is 12.2. The number of sulfone groups is 1. The van der Waals surface area contributed by atoms with Gasteiger partial charge in [0.1, 0.15) is 0 Å². The van der Waals surface area contributed by atoms with Gasteiger partial charge in [-0.3, -0.25) is 0 Å². The topological polar surface area (TPSA) is 80.3 Å². The first kappa shape index (κ1) is 16.3. The predicted molar refractivity (Wildman–Crippen MR) is 78.9 cm³/mol. The van der Waals surface area contributed by atoms with Crippen molar-refractivity contribution in [3.63, 3.8) is 0 Å². The molecular weight excluding hydrogens is 369 g/mol. The first-order chi connectivity index (χ1) is 9.09. The Bertz CT molecular complexity index is 713. The number of benzene rings is 1. The minimum absolute atomic E-state index is 0.136. The molecule has 112 valence electrons. The van der Waals surface area contributed by atoms with E-state index in [0.29, 0.717) is 0 Å². The van der Waals surface area contributed by atoms with Gasteiger partial charge in [0, 0.05) is 10.0 Å². The molecule has 1 aromatic carbocycles. The van der Waals surface area contributed by atoms with Crippen molar-refractivity contribution in [3.05, 3.63) is 28.2 Å². The standard InChI is InChI=1S/C10H10Cl3NO4S2/c11-6-1-7(12)3-8(2-6)20(17,18)14-10-5-19(15,16)4-9(10)13/h1-3,9-10,14H,4-5H2. The van der Waals surface area contributed by atoms with Crippen LogP contribution in [0.1, 0.15) is 0 Å². The normalized spacial score (nSPS) is 25.8. The number of sulfonamides is 1. The van der Waals surface area contributed by atoms with Crippen molar-refractivity contribution in [1.29, 1.82) is 0 Å². The molecule has 1 aliphatic heterocycles. The Kier molecular flexibility index (Phi) is 4.59. The zero-order valence-corrected chi connectivity index (χ0v) is 13.8. The molecule has 0 bridgehead atoms. The summed E-state index contributed by atoms with van der Waals surface area (Å²) >= 11 is 17.4. The Morgan fingerprint density at radius 3 is 2.10 bits per heavy atom. The van der Waals surface area contributed by atoms with Gasteiger partial charge in [0.15, 0.2) is 9.84 Å². The molecule has 1 aliphatic rings. The summed E-state index contributed by atoms with van der Waals surface area (Å²) in [5.74, 6) is -0.577. The zero-order chi connectivity index (χ0) is 15.1. The van der Waals surface area contributed by atoms with Crippen LogP contribution >= 0.6 is 34.8 Å². The van der Waals surface area contributed by atoms with E-state index in [1.54, 1.807) is 0 Å². The SMILES string of the molecule is O=S1(=O)CC(Cl)C(NS(=O)(=O)c2cc(Cl)cc(Cl)c2)C1. The fourth-order valence-electron chi connectivity index (χ4n) is 1.86. The molecular formula is C10H10Cl3NO4S2. The molecule has 2 atom stereocenters. The van der Waals surface area contributed by atoms with Gasteiger partial charge >= 0.3 is 0 Å². The van der Waals surface area contributed by atoms with Crippen LogP contribution in [0.2, 0.25) is 10.0 Å². The molecule has 1 aromatic rings. The van der Waals surface area contributed by atoms with Crippen LogP contribution in [0.25, 0.3) is 0 Å². The van der Waals surface area contributed by atoms with Gasteiger partial charge in [0.25, 0.3) is 0 Å². The van der Waals surface area contributed by atoms with Crippen LogP contribution in [-0.2, 0) is 19.9 Å². The third-order valence-corrected chi connectivity index (χ3v) is 7.02.